The van der Waals surface area contributed by atoms with Gasteiger partial charge in [0.05, 0.1) is 17.9 Å². The second-order valence-corrected chi connectivity index (χ2v) is 4.35. The standard InChI is InChI=1S/C16H18N2O2/c1-2-20-16(19)14-10-15(12-17-11-14)18-9-8-13-6-4-3-5-7-13/h3-7,10-12,18H,2,8-9H2,1H3. The SMILES string of the molecule is CCOC(=O)c1cncc(NCCc2ccccc2)c1. The van der Waals surface area contributed by atoms with E-state index in [1.807, 2.05) is 18.2 Å². The van der Waals surface area contributed by atoms with Gasteiger partial charge in [-0.15, -0.1) is 0 Å². The van der Waals surface area contributed by atoms with E-state index in [2.05, 4.69) is 22.4 Å². The molecule has 0 saturated heterocycles. The van der Waals surface area contributed by atoms with Crippen LogP contribution in [0.3, 0.4) is 0 Å². The van der Waals surface area contributed by atoms with Crippen molar-refractivity contribution in [2.45, 2.75) is 13.3 Å². The first-order chi connectivity index (χ1) is 9.79. The maximum absolute atomic E-state index is 11.6. The molecule has 1 N–H and O–H groups in total. The van der Waals surface area contributed by atoms with Gasteiger partial charge in [0.15, 0.2) is 0 Å². The Labute approximate surface area is 118 Å². The van der Waals surface area contributed by atoms with E-state index in [-0.39, 0.29) is 5.97 Å². The first-order valence-corrected chi connectivity index (χ1v) is 6.69. The Bertz CT molecular complexity index is 555. The van der Waals surface area contributed by atoms with Crippen molar-refractivity contribution >= 4 is 11.7 Å². The Hall–Kier alpha value is -2.36. The lowest BCUT2D eigenvalue weighted by Gasteiger charge is -2.07. The van der Waals surface area contributed by atoms with E-state index >= 15 is 0 Å². The summed E-state index contributed by atoms with van der Waals surface area (Å²) < 4.78 is 4.95. The lowest BCUT2D eigenvalue weighted by Crippen LogP contribution is -2.08. The van der Waals surface area contributed by atoms with Crippen LogP contribution in [0, 0.1) is 0 Å². The van der Waals surface area contributed by atoms with E-state index in [1.54, 1.807) is 19.2 Å². The lowest BCUT2D eigenvalue weighted by atomic mass is 10.1. The van der Waals surface area contributed by atoms with Gasteiger partial charge in [-0.1, -0.05) is 30.3 Å². The van der Waals surface area contributed by atoms with Crippen molar-refractivity contribution in [3.05, 3.63) is 59.9 Å². The first kappa shape index (κ1) is 14.1. The van der Waals surface area contributed by atoms with E-state index < -0.39 is 0 Å². The minimum atomic E-state index is -0.341. The molecule has 0 radical (unpaired) electrons. The molecule has 0 aliphatic carbocycles. The zero-order valence-corrected chi connectivity index (χ0v) is 11.5. The highest BCUT2D eigenvalue weighted by Crippen LogP contribution is 2.10. The normalized spacial score (nSPS) is 10.1. The number of ether oxygens (including phenoxy) is 1. The third kappa shape index (κ3) is 4.09. The molecular formula is C16H18N2O2. The van der Waals surface area contributed by atoms with Crippen molar-refractivity contribution in [1.29, 1.82) is 0 Å². The summed E-state index contributed by atoms with van der Waals surface area (Å²) >= 11 is 0. The number of esters is 1. The Balaban J connectivity index is 1.90. The van der Waals surface area contributed by atoms with Gasteiger partial charge in [-0.2, -0.15) is 0 Å². The molecular weight excluding hydrogens is 252 g/mol. The molecule has 1 heterocycles. The van der Waals surface area contributed by atoms with Crippen molar-refractivity contribution in [3.8, 4) is 0 Å². The number of carbonyl (C=O) groups is 1. The van der Waals surface area contributed by atoms with Crippen LogP contribution in [0.4, 0.5) is 5.69 Å². The van der Waals surface area contributed by atoms with Crippen LogP contribution in [0.2, 0.25) is 0 Å². The van der Waals surface area contributed by atoms with Crippen LogP contribution in [0.5, 0.6) is 0 Å². The summed E-state index contributed by atoms with van der Waals surface area (Å²) in [4.78, 5) is 15.7. The van der Waals surface area contributed by atoms with E-state index in [9.17, 15) is 4.79 Å². The summed E-state index contributed by atoms with van der Waals surface area (Å²) in [6.07, 6.45) is 4.14. The molecule has 0 spiro atoms. The number of carbonyl (C=O) groups excluding carboxylic acids is 1. The van der Waals surface area contributed by atoms with Crippen LogP contribution in [0.1, 0.15) is 22.8 Å². The van der Waals surface area contributed by atoms with Gasteiger partial charge >= 0.3 is 5.97 Å². The van der Waals surface area contributed by atoms with Gasteiger partial charge in [-0.25, -0.2) is 4.79 Å². The predicted molar refractivity (Wildman–Crippen MR) is 78.8 cm³/mol. The number of pyridine rings is 1. The van der Waals surface area contributed by atoms with Crippen molar-refractivity contribution in [3.63, 3.8) is 0 Å². The topological polar surface area (TPSA) is 51.2 Å². The van der Waals surface area contributed by atoms with Gasteiger partial charge in [-0.3, -0.25) is 4.98 Å². The van der Waals surface area contributed by atoms with Gasteiger partial charge in [-0.05, 0) is 25.0 Å². The molecule has 104 valence electrons. The summed E-state index contributed by atoms with van der Waals surface area (Å²) in [5, 5.41) is 3.26. The van der Waals surface area contributed by atoms with Crippen molar-refractivity contribution in [2.24, 2.45) is 0 Å². The van der Waals surface area contributed by atoms with E-state index in [0.717, 1.165) is 18.7 Å². The van der Waals surface area contributed by atoms with Gasteiger partial charge < -0.3 is 10.1 Å². The number of nitrogens with zero attached hydrogens (tertiary/aromatic N) is 1. The molecule has 0 fully saturated rings. The van der Waals surface area contributed by atoms with Crippen LogP contribution >= 0.6 is 0 Å². The van der Waals surface area contributed by atoms with Crippen LogP contribution in [-0.4, -0.2) is 24.1 Å². The molecule has 0 saturated carbocycles. The van der Waals surface area contributed by atoms with E-state index in [1.165, 1.54) is 11.8 Å². The third-order valence-electron chi connectivity index (χ3n) is 2.84. The molecule has 1 aromatic carbocycles. The molecule has 0 aliphatic heterocycles. The zero-order chi connectivity index (χ0) is 14.2. The lowest BCUT2D eigenvalue weighted by molar-refractivity contribution is 0.0526. The van der Waals surface area contributed by atoms with Crippen LogP contribution in [-0.2, 0) is 11.2 Å². The Kier molecular flexibility index (Phi) is 5.12. The highest BCUT2D eigenvalue weighted by Gasteiger charge is 2.07. The molecule has 0 aliphatic rings. The summed E-state index contributed by atoms with van der Waals surface area (Å²) in [6, 6.07) is 12.0. The first-order valence-electron chi connectivity index (χ1n) is 6.69. The fourth-order valence-corrected chi connectivity index (χ4v) is 1.86. The Morgan fingerprint density at radius 2 is 2.05 bits per heavy atom. The summed E-state index contributed by atoms with van der Waals surface area (Å²) in [5.74, 6) is -0.341. The van der Waals surface area contributed by atoms with Crippen molar-refractivity contribution < 1.29 is 9.53 Å². The maximum atomic E-state index is 11.6. The smallest absolute Gasteiger partial charge is 0.339 e. The van der Waals surface area contributed by atoms with Crippen molar-refractivity contribution in [1.82, 2.24) is 4.98 Å². The minimum absolute atomic E-state index is 0.341. The van der Waals surface area contributed by atoms with Crippen molar-refractivity contribution in [2.75, 3.05) is 18.5 Å². The average molecular weight is 270 g/mol. The largest absolute Gasteiger partial charge is 0.462 e. The predicted octanol–water partition coefficient (Wildman–Crippen LogP) is 2.91. The number of benzene rings is 1. The monoisotopic (exact) mass is 270 g/mol. The Morgan fingerprint density at radius 1 is 1.25 bits per heavy atom. The molecule has 20 heavy (non-hydrogen) atoms. The molecule has 0 bridgehead atoms. The molecule has 1 aromatic heterocycles. The van der Waals surface area contributed by atoms with Crippen LogP contribution in [0.15, 0.2) is 48.8 Å². The van der Waals surface area contributed by atoms with E-state index in [0.29, 0.717) is 12.2 Å². The van der Waals surface area contributed by atoms with Crippen LogP contribution in [0.25, 0.3) is 0 Å². The highest BCUT2D eigenvalue weighted by molar-refractivity contribution is 5.90. The van der Waals surface area contributed by atoms with Gasteiger partial charge in [0.1, 0.15) is 0 Å². The molecule has 0 atom stereocenters. The Morgan fingerprint density at radius 3 is 2.80 bits per heavy atom. The quantitative estimate of drug-likeness (QED) is 0.820. The number of nitrogens with one attached hydrogen (secondary N) is 1. The van der Waals surface area contributed by atoms with Gasteiger partial charge in [0, 0.05) is 18.9 Å². The third-order valence-corrected chi connectivity index (χ3v) is 2.84. The maximum Gasteiger partial charge on any atom is 0.339 e. The summed E-state index contributed by atoms with van der Waals surface area (Å²) in [7, 11) is 0. The average Bonchev–Trinajstić information content (AvgIpc) is 2.49. The molecule has 4 heteroatoms. The summed E-state index contributed by atoms with van der Waals surface area (Å²) in [6.45, 7) is 2.94. The van der Waals surface area contributed by atoms with Gasteiger partial charge in [0.25, 0.3) is 0 Å². The highest BCUT2D eigenvalue weighted by atomic mass is 16.5. The number of rotatable bonds is 6. The van der Waals surface area contributed by atoms with Gasteiger partial charge in [0.2, 0.25) is 0 Å². The second-order valence-electron chi connectivity index (χ2n) is 4.35. The number of hydrogen-bond donors (Lipinski definition) is 1. The molecule has 0 unspecified atom stereocenters. The molecule has 0 amide bonds. The van der Waals surface area contributed by atoms with E-state index in [4.69, 9.17) is 4.74 Å². The second kappa shape index (κ2) is 7.28. The zero-order valence-electron chi connectivity index (χ0n) is 11.5. The van der Waals surface area contributed by atoms with Crippen LogP contribution < -0.4 is 5.32 Å². The molecule has 2 rings (SSSR count). The molecule has 4 nitrogen and oxygen atoms in total. The fourth-order valence-electron chi connectivity index (χ4n) is 1.86. The molecule has 2 aromatic rings. The summed E-state index contributed by atoms with van der Waals surface area (Å²) in [5.41, 5.74) is 2.57. The minimum Gasteiger partial charge on any atom is -0.462 e. The fraction of sp³-hybridized carbons (Fsp3) is 0.250. The number of anilines is 1. The number of hydrogen-bond acceptors (Lipinski definition) is 4. The number of aromatic nitrogens is 1.